The number of fused-ring (bicyclic) bond motifs is 1. The first kappa shape index (κ1) is 15.0. The molecule has 0 aliphatic heterocycles. The summed E-state index contributed by atoms with van der Waals surface area (Å²) in [6, 6.07) is 12.2. The van der Waals surface area contributed by atoms with Crippen LogP contribution in [0.1, 0.15) is 32.0 Å². The van der Waals surface area contributed by atoms with Gasteiger partial charge in [-0.25, -0.2) is 4.98 Å². The summed E-state index contributed by atoms with van der Waals surface area (Å²) in [6.07, 6.45) is 2.76. The molecule has 1 atom stereocenters. The third kappa shape index (κ3) is 3.59. The number of nitrogens with zero attached hydrogens (tertiary/aromatic N) is 4. The Kier molecular flexibility index (Phi) is 4.57. The van der Waals surface area contributed by atoms with Gasteiger partial charge in [0.15, 0.2) is 0 Å². The topological polar surface area (TPSA) is 91.4 Å². The lowest BCUT2D eigenvalue weighted by Crippen LogP contribution is -2.33. The van der Waals surface area contributed by atoms with Crippen LogP contribution in [0, 0.1) is 22.7 Å². The molecule has 0 saturated heterocycles. The molecule has 5 nitrogen and oxygen atoms in total. The lowest BCUT2D eigenvalue weighted by atomic mass is 9.98. The van der Waals surface area contributed by atoms with Gasteiger partial charge in [0.25, 0.3) is 0 Å². The summed E-state index contributed by atoms with van der Waals surface area (Å²) >= 11 is 0. The van der Waals surface area contributed by atoms with Gasteiger partial charge in [-0.1, -0.05) is 12.1 Å². The van der Waals surface area contributed by atoms with E-state index in [-0.39, 0.29) is 0 Å². The molecule has 108 valence electrons. The van der Waals surface area contributed by atoms with Crippen LogP contribution < -0.4 is 5.73 Å². The van der Waals surface area contributed by atoms with E-state index in [2.05, 4.69) is 21.7 Å². The van der Waals surface area contributed by atoms with E-state index in [0.717, 1.165) is 36.2 Å². The standard InChI is InChI=1S/C16H19N5/c1-16(19,12-18)9-4-5-11-21-14-7-3-2-6-13(14)20-15(21)8-10-17/h2-3,6-7H,4-5,8-9,11,19H2,1H3. The van der Waals surface area contributed by atoms with E-state index in [0.29, 0.717) is 12.8 Å². The molecule has 0 spiro atoms. The van der Waals surface area contributed by atoms with Crippen molar-refractivity contribution < 1.29 is 0 Å². The molecule has 1 aromatic carbocycles. The minimum atomic E-state index is -0.757. The van der Waals surface area contributed by atoms with Gasteiger partial charge in [-0.05, 0) is 38.3 Å². The lowest BCUT2D eigenvalue weighted by Gasteiger charge is -2.15. The number of benzene rings is 1. The highest BCUT2D eigenvalue weighted by molar-refractivity contribution is 5.75. The summed E-state index contributed by atoms with van der Waals surface area (Å²) in [5.41, 5.74) is 7.04. The summed E-state index contributed by atoms with van der Waals surface area (Å²) in [5.74, 6) is 0.800. The van der Waals surface area contributed by atoms with Crippen molar-refractivity contribution in [2.24, 2.45) is 5.73 Å². The van der Waals surface area contributed by atoms with Gasteiger partial charge in [0, 0.05) is 6.54 Å². The van der Waals surface area contributed by atoms with Gasteiger partial charge in [-0.15, -0.1) is 0 Å². The second-order valence-corrected chi connectivity index (χ2v) is 5.49. The molecule has 0 saturated carbocycles. The van der Waals surface area contributed by atoms with Crippen molar-refractivity contribution in [3.63, 3.8) is 0 Å². The summed E-state index contributed by atoms with van der Waals surface area (Å²) < 4.78 is 2.10. The van der Waals surface area contributed by atoms with Gasteiger partial charge in [-0.2, -0.15) is 10.5 Å². The molecule has 2 N–H and O–H groups in total. The summed E-state index contributed by atoms with van der Waals surface area (Å²) in [4.78, 5) is 4.51. The molecule has 21 heavy (non-hydrogen) atoms. The number of imidazole rings is 1. The van der Waals surface area contributed by atoms with Crippen LogP contribution in [-0.4, -0.2) is 15.1 Å². The number of unbranched alkanes of at least 4 members (excludes halogenated alkanes) is 1. The van der Waals surface area contributed by atoms with Crippen molar-refractivity contribution in [2.75, 3.05) is 0 Å². The minimum Gasteiger partial charge on any atom is -0.327 e. The average Bonchev–Trinajstić information content (AvgIpc) is 2.82. The van der Waals surface area contributed by atoms with E-state index in [4.69, 9.17) is 16.3 Å². The van der Waals surface area contributed by atoms with Crippen LogP contribution in [0.2, 0.25) is 0 Å². The molecule has 2 aromatic rings. The second kappa shape index (κ2) is 6.39. The monoisotopic (exact) mass is 281 g/mol. The zero-order valence-electron chi connectivity index (χ0n) is 12.2. The maximum Gasteiger partial charge on any atom is 0.124 e. The second-order valence-electron chi connectivity index (χ2n) is 5.49. The number of nitriles is 2. The van der Waals surface area contributed by atoms with E-state index >= 15 is 0 Å². The van der Waals surface area contributed by atoms with Crippen molar-refractivity contribution in [2.45, 2.75) is 44.7 Å². The van der Waals surface area contributed by atoms with Gasteiger partial charge in [0.1, 0.15) is 11.4 Å². The molecule has 0 aliphatic carbocycles. The van der Waals surface area contributed by atoms with Gasteiger partial charge in [0.05, 0.1) is 29.6 Å². The fourth-order valence-electron chi connectivity index (χ4n) is 2.40. The third-order valence-corrected chi connectivity index (χ3v) is 3.55. The molecule has 0 bridgehead atoms. The summed E-state index contributed by atoms with van der Waals surface area (Å²) in [7, 11) is 0. The highest BCUT2D eigenvalue weighted by Crippen LogP contribution is 2.18. The SMILES string of the molecule is CC(N)(C#N)CCCCn1c(CC#N)nc2ccccc21. The average molecular weight is 281 g/mol. The summed E-state index contributed by atoms with van der Waals surface area (Å²) in [5, 5.41) is 17.8. The first-order valence-electron chi connectivity index (χ1n) is 7.08. The smallest absolute Gasteiger partial charge is 0.124 e. The predicted molar refractivity (Wildman–Crippen MR) is 81.1 cm³/mol. The minimum absolute atomic E-state index is 0.307. The number of hydrogen-bond donors (Lipinski definition) is 1. The Hall–Kier alpha value is -2.37. The molecule has 5 heteroatoms. The Morgan fingerprint density at radius 2 is 2.05 bits per heavy atom. The Bertz CT molecular complexity index is 700. The Balaban J connectivity index is 2.09. The van der Waals surface area contributed by atoms with Crippen LogP contribution in [0.25, 0.3) is 11.0 Å². The van der Waals surface area contributed by atoms with Gasteiger partial charge in [-0.3, -0.25) is 0 Å². The van der Waals surface area contributed by atoms with Crippen molar-refractivity contribution in [3.8, 4) is 12.1 Å². The van der Waals surface area contributed by atoms with E-state index in [1.54, 1.807) is 6.92 Å². The molecular formula is C16H19N5. The van der Waals surface area contributed by atoms with Crippen LogP contribution in [0.3, 0.4) is 0 Å². The quantitative estimate of drug-likeness (QED) is 0.823. The number of nitrogens with two attached hydrogens (primary N) is 1. The molecule has 2 rings (SSSR count). The fraction of sp³-hybridized carbons (Fsp3) is 0.438. The molecule has 1 unspecified atom stereocenters. The van der Waals surface area contributed by atoms with Crippen LogP contribution in [0.4, 0.5) is 0 Å². The number of para-hydroxylation sites is 2. The number of hydrogen-bond acceptors (Lipinski definition) is 4. The van der Waals surface area contributed by atoms with E-state index in [1.807, 2.05) is 24.3 Å². The molecular weight excluding hydrogens is 262 g/mol. The highest BCUT2D eigenvalue weighted by atomic mass is 15.1. The largest absolute Gasteiger partial charge is 0.327 e. The zero-order valence-corrected chi connectivity index (χ0v) is 12.2. The number of aromatic nitrogens is 2. The van der Waals surface area contributed by atoms with Crippen LogP contribution in [0.5, 0.6) is 0 Å². The third-order valence-electron chi connectivity index (χ3n) is 3.55. The molecule has 0 aliphatic rings. The van der Waals surface area contributed by atoms with Crippen LogP contribution in [-0.2, 0) is 13.0 Å². The molecule has 1 aromatic heterocycles. The Labute approximate surface area is 124 Å². The van der Waals surface area contributed by atoms with Crippen LogP contribution in [0.15, 0.2) is 24.3 Å². The molecule has 0 fully saturated rings. The molecule has 1 heterocycles. The van der Waals surface area contributed by atoms with Gasteiger partial charge >= 0.3 is 0 Å². The number of rotatable bonds is 6. The zero-order chi connectivity index (χ0) is 15.3. The molecule has 0 radical (unpaired) electrons. The Morgan fingerprint density at radius 3 is 2.76 bits per heavy atom. The first-order chi connectivity index (χ1) is 10.1. The van der Waals surface area contributed by atoms with Crippen molar-refractivity contribution in [1.82, 2.24) is 9.55 Å². The number of aryl methyl sites for hydroxylation is 1. The maximum atomic E-state index is 8.92. The highest BCUT2D eigenvalue weighted by Gasteiger charge is 2.16. The van der Waals surface area contributed by atoms with Crippen molar-refractivity contribution in [3.05, 3.63) is 30.1 Å². The van der Waals surface area contributed by atoms with Crippen molar-refractivity contribution in [1.29, 1.82) is 10.5 Å². The van der Waals surface area contributed by atoms with Crippen molar-refractivity contribution >= 4 is 11.0 Å². The van der Waals surface area contributed by atoms with E-state index < -0.39 is 5.54 Å². The van der Waals surface area contributed by atoms with E-state index in [9.17, 15) is 0 Å². The van der Waals surface area contributed by atoms with E-state index in [1.165, 1.54) is 0 Å². The normalized spacial score (nSPS) is 13.5. The van der Waals surface area contributed by atoms with Crippen LogP contribution >= 0.6 is 0 Å². The fourth-order valence-corrected chi connectivity index (χ4v) is 2.40. The van der Waals surface area contributed by atoms with Gasteiger partial charge in [0.2, 0.25) is 0 Å². The maximum absolute atomic E-state index is 8.92. The van der Waals surface area contributed by atoms with Gasteiger partial charge < -0.3 is 10.3 Å². The lowest BCUT2D eigenvalue weighted by molar-refractivity contribution is 0.487. The predicted octanol–water partition coefficient (Wildman–Crippen LogP) is 2.51. The Morgan fingerprint density at radius 1 is 1.29 bits per heavy atom. The summed E-state index contributed by atoms with van der Waals surface area (Å²) in [6.45, 7) is 2.54. The molecule has 0 amide bonds. The first-order valence-corrected chi connectivity index (χ1v) is 7.08.